The van der Waals surface area contributed by atoms with Crippen LogP contribution in [0.25, 0.3) is 0 Å². The summed E-state index contributed by atoms with van der Waals surface area (Å²) in [5.74, 6) is -1.77. The topological polar surface area (TPSA) is 32.7 Å². The molecule has 3 rings (SSSR count). The molecule has 0 N–H and O–H groups in total. The van der Waals surface area contributed by atoms with Gasteiger partial charge in [-0.25, -0.2) is 4.39 Å². The number of hydrogen-bond acceptors (Lipinski definition) is 2. The maximum absolute atomic E-state index is 13.5. The molecular formula is C13H10F4N2O. The lowest BCUT2D eigenvalue weighted by Gasteiger charge is -2.18. The predicted octanol–water partition coefficient (Wildman–Crippen LogP) is 3.35. The van der Waals surface area contributed by atoms with E-state index in [0.29, 0.717) is 10.7 Å². The van der Waals surface area contributed by atoms with Crippen molar-refractivity contribution < 1.29 is 22.4 Å². The lowest BCUT2D eigenvalue weighted by atomic mass is 10.1. The van der Waals surface area contributed by atoms with Crippen molar-refractivity contribution in [3.63, 3.8) is 0 Å². The van der Waals surface area contributed by atoms with E-state index in [2.05, 4.69) is 5.10 Å². The first-order valence-electron chi connectivity index (χ1n) is 6.14. The number of alkyl halides is 3. The summed E-state index contributed by atoms with van der Waals surface area (Å²) in [4.78, 5) is 11.8. The minimum absolute atomic E-state index is 0.0124. The molecule has 0 saturated heterocycles. The van der Waals surface area contributed by atoms with Gasteiger partial charge >= 0.3 is 6.18 Å². The zero-order valence-electron chi connectivity index (χ0n) is 10.2. The molecule has 2 aliphatic rings. The minimum atomic E-state index is -4.88. The molecule has 0 aromatic heterocycles. The Hall–Kier alpha value is -1.92. The Balaban J connectivity index is 2.06. The summed E-state index contributed by atoms with van der Waals surface area (Å²) in [7, 11) is 0. The summed E-state index contributed by atoms with van der Waals surface area (Å²) in [5, 5.41) is 4.63. The Bertz CT molecular complexity index is 605. The van der Waals surface area contributed by atoms with Crippen molar-refractivity contribution in [2.24, 2.45) is 11.0 Å². The number of halogens is 4. The van der Waals surface area contributed by atoms with Gasteiger partial charge < -0.3 is 0 Å². The molecule has 0 radical (unpaired) electrons. The van der Waals surface area contributed by atoms with Crippen LogP contribution in [0.4, 0.5) is 23.2 Å². The molecule has 0 atom stereocenters. The SMILES string of the molecule is O=C1CC(C2CC2)=NN1c1cccc(F)c1C(F)(F)F. The second kappa shape index (κ2) is 4.29. The van der Waals surface area contributed by atoms with Gasteiger partial charge in [0.2, 0.25) is 0 Å². The second-order valence-electron chi connectivity index (χ2n) is 4.88. The molecule has 0 spiro atoms. The van der Waals surface area contributed by atoms with Gasteiger partial charge in [0.15, 0.2) is 0 Å². The van der Waals surface area contributed by atoms with Gasteiger partial charge in [0.1, 0.15) is 11.4 Å². The van der Waals surface area contributed by atoms with Crippen LogP contribution in [0.15, 0.2) is 23.3 Å². The van der Waals surface area contributed by atoms with E-state index in [0.717, 1.165) is 31.0 Å². The summed E-state index contributed by atoms with van der Waals surface area (Å²) < 4.78 is 52.3. The highest BCUT2D eigenvalue weighted by Crippen LogP contribution is 2.41. The number of rotatable bonds is 2. The minimum Gasteiger partial charge on any atom is -0.272 e. The smallest absolute Gasteiger partial charge is 0.272 e. The molecule has 20 heavy (non-hydrogen) atoms. The molecule has 7 heteroatoms. The Labute approximate surface area is 111 Å². The van der Waals surface area contributed by atoms with Crippen LogP contribution in [-0.2, 0) is 11.0 Å². The Morgan fingerprint density at radius 3 is 2.55 bits per heavy atom. The standard InChI is InChI=1S/C13H10F4N2O/c14-8-2-1-3-10(12(8)13(15,16)17)19-11(20)6-9(18-19)7-4-5-7/h1-3,7H,4-6H2. The molecule has 1 heterocycles. The lowest BCUT2D eigenvalue weighted by Crippen LogP contribution is -2.24. The Morgan fingerprint density at radius 2 is 1.95 bits per heavy atom. The summed E-state index contributed by atoms with van der Waals surface area (Å²) in [6.45, 7) is 0. The first kappa shape index (κ1) is 13.1. The highest BCUT2D eigenvalue weighted by atomic mass is 19.4. The third kappa shape index (κ3) is 2.17. The number of hydrazone groups is 1. The van der Waals surface area contributed by atoms with Gasteiger partial charge in [-0.1, -0.05) is 6.07 Å². The normalized spacial score (nSPS) is 19.5. The molecule has 1 aromatic carbocycles. The molecule has 1 saturated carbocycles. The first-order chi connectivity index (χ1) is 9.38. The van der Waals surface area contributed by atoms with Gasteiger partial charge in [0.25, 0.3) is 5.91 Å². The van der Waals surface area contributed by atoms with Gasteiger partial charge in [-0.05, 0) is 30.9 Å². The van der Waals surface area contributed by atoms with Crippen LogP contribution in [-0.4, -0.2) is 11.6 Å². The fraction of sp³-hybridized carbons (Fsp3) is 0.385. The van der Waals surface area contributed by atoms with E-state index in [1.807, 2.05) is 0 Å². The summed E-state index contributed by atoms with van der Waals surface area (Å²) in [6.07, 6.45) is -3.07. The van der Waals surface area contributed by atoms with E-state index in [1.165, 1.54) is 0 Å². The average molecular weight is 286 g/mol. The van der Waals surface area contributed by atoms with E-state index in [-0.39, 0.29) is 12.3 Å². The van der Waals surface area contributed by atoms with Crippen molar-refractivity contribution in [3.05, 3.63) is 29.6 Å². The van der Waals surface area contributed by atoms with Gasteiger partial charge in [0.05, 0.1) is 17.8 Å². The van der Waals surface area contributed by atoms with Crippen molar-refractivity contribution in [1.82, 2.24) is 0 Å². The summed E-state index contributed by atoms with van der Waals surface area (Å²) in [5.41, 5.74) is -1.40. The number of hydrogen-bond donors (Lipinski definition) is 0. The second-order valence-corrected chi connectivity index (χ2v) is 4.88. The van der Waals surface area contributed by atoms with Gasteiger partial charge in [-0.3, -0.25) is 4.79 Å². The van der Waals surface area contributed by atoms with Crippen LogP contribution in [0.1, 0.15) is 24.8 Å². The Morgan fingerprint density at radius 1 is 1.25 bits per heavy atom. The molecule has 1 amide bonds. The molecule has 0 unspecified atom stereocenters. The molecule has 3 nitrogen and oxygen atoms in total. The molecule has 1 aliphatic carbocycles. The number of amides is 1. The number of carbonyl (C=O) groups is 1. The number of benzene rings is 1. The maximum Gasteiger partial charge on any atom is 0.421 e. The van der Waals surface area contributed by atoms with Crippen molar-refractivity contribution in [3.8, 4) is 0 Å². The van der Waals surface area contributed by atoms with Crippen LogP contribution >= 0.6 is 0 Å². The van der Waals surface area contributed by atoms with Crippen molar-refractivity contribution in [2.75, 3.05) is 5.01 Å². The van der Waals surface area contributed by atoms with Crippen molar-refractivity contribution in [1.29, 1.82) is 0 Å². The lowest BCUT2D eigenvalue weighted by molar-refractivity contribution is -0.139. The molecule has 1 fully saturated rings. The van der Waals surface area contributed by atoms with Crippen molar-refractivity contribution in [2.45, 2.75) is 25.4 Å². The molecular weight excluding hydrogens is 276 g/mol. The first-order valence-corrected chi connectivity index (χ1v) is 6.14. The molecule has 0 bridgehead atoms. The van der Waals surface area contributed by atoms with Crippen molar-refractivity contribution >= 4 is 17.3 Å². The van der Waals surface area contributed by atoms with Crippen LogP contribution in [0.3, 0.4) is 0 Å². The largest absolute Gasteiger partial charge is 0.421 e. The summed E-state index contributed by atoms with van der Waals surface area (Å²) >= 11 is 0. The van der Waals surface area contributed by atoms with E-state index in [4.69, 9.17) is 0 Å². The zero-order chi connectivity index (χ0) is 14.5. The van der Waals surface area contributed by atoms with Crippen LogP contribution in [0.5, 0.6) is 0 Å². The van der Waals surface area contributed by atoms with Gasteiger partial charge in [-0.2, -0.15) is 23.3 Å². The van der Waals surface area contributed by atoms with Gasteiger partial charge in [-0.15, -0.1) is 0 Å². The third-order valence-electron chi connectivity index (χ3n) is 3.35. The highest BCUT2D eigenvalue weighted by molar-refractivity contribution is 6.14. The fourth-order valence-electron chi connectivity index (χ4n) is 2.25. The van der Waals surface area contributed by atoms with E-state index in [1.54, 1.807) is 0 Å². The van der Waals surface area contributed by atoms with E-state index < -0.39 is 29.2 Å². The quantitative estimate of drug-likeness (QED) is 0.767. The predicted molar refractivity (Wildman–Crippen MR) is 63.7 cm³/mol. The van der Waals surface area contributed by atoms with Gasteiger partial charge in [0, 0.05) is 0 Å². The maximum atomic E-state index is 13.5. The molecule has 1 aromatic rings. The average Bonchev–Trinajstić information content (AvgIpc) is 3.11. The third-order valence-corrected chi connectivity index (χ3v) is 3.35. The van der Waals surface area contributed by atoms with Crippen LogP contribution < -0.4 is 5.01 Å². The highest BCUT2D eigenvalue weighted by Gasteiger charge is 2.42. The Kier molecular flexibility index (Phi) is 2.81. The molecule has 106 valence electrons. The molecule has 1 aliphatic heterocycles. The number of anilines is 1. The fourth-order valence-corrected chi connectivity index (χ4v) is 2.25. The monoisotopic (exact) mass is 286 g/mol. The zero-order valence-corrected chi connectivity index (χ0v) is 10.2. The number of nitrogens with zero attached hydrogens (tertiary/aromatic N) is 2. The number of carbonyl (C=O) groups excluding carboxylic acids is 1. The van der Waals surface area contributed by atoms with Crippen LogP contribution in [0, 0.1) is 11.7 Å². The van der Waals surface area contributed by atoms with E-state index >= 15 is 0 Å². The van der Waals surface area contributed by atoms with E-state index in [9.17, 15) is 22.4 Å². The summed E-state index contributed by atoms with van der Waals surface area (Å²) in [6, 6.07) is 2.92. The van der Waals surface area contributed by atoms with Crippen LogP contribution in [0.2, 0.25) is 0 Å².